The van der Waals surface area contributed by atoms with Crippen molar-refractivity contribution < 1.29 is 14.3 Å². The predicted molar refractivity (Wildman–Crippen MR) is 126 cm³/mol. The molecule has 31 heavy (non-hydrogen) atoms. The fraction of sp³-hybridized carbons (Fsp3) is 0.333. The van der Waals surface area contributed by atoms with Crippen molar-refractivity contribution in [2.75, 3.05) is 32.6 Å². The van der Waals surface area contributed by atoms with Crippen LogP contribution in [0.25, 0.3) is 10.6 Å². The van der Waals surface area contributed by atoms with Gasteiger partial charge in [0.05, 0.1) is 26.0 Å². The second-order valence-electron chi connectivity index (χ2n) is 7.41. The van der Waals surface area contributed by atoms with E-state index in [1.165, 1.54) is 0 Å². The smallest absolute Gasteiger partial charge is 0.238 e. The van der Waals surface area contributed by atoms with Crippen LogP contribution in [0.15, 0.2) is 41.8 Å². The molecule has 164 valence electrons. The Labute approximate surface area is 187 Å². The van der Waals surface area contributed by atoms with E-state index < -0.39 is 0 Å². The molecule has 1 N–H and O–H groups in total. The Kier molecular flexibility index (Phi) is 7.65. The monoisotopic (exact) mass is 439 g/mol. The zero-order valence-electron chi connectivity index (χ0n) is 18.7. The third-order valence-electron chi connectivity index (χ3n) is 4.99. The summed E-state index contributed by atoms with van der Waals surface area (Å²) < 4.78 is 11.0. The number of carbonyl (C=O) groups excluding carboxylic acids is 1. The summed E-state index contributed by atoms with van der Waals surface area (Å²) in [6.45, 7) is 7.46. The number of ether oxygens (including phenoxy) is 2. The van der Waals surface area contributed by atoms with Crippen LogP contribution in [0.1, 0.15) is 23.7 Å². The van der Waals surface area contributed by atoms with Crippen molar-refractivity contribution in [1.82, 2.24) is 9.88 Å². The molecule has 0 unspecified atom stereocenters. The molecule has 0 radical (unpaired) electrons. The molecular formula is C24H29N3O3S. The van der Waals surface area contributed by atoms with Crippen LogP contribution in [-0.4, -0.2) is 43.1 Å². The number of likely N-dealkylation sites (N-methyl/N-ethyl adjacent to an activating group) is 1. The number of carbonyl (C=O) groups is 1. The summed E-state index contributed by atoms with van der Waals surface area (Å²) in [5.74, 6) is 1.37. The van der Waals surface area contributed by atoms with Gasteiger partial charge in [0.25, 0.3) is 0 Å². The number of benzene rings is 2. The van der Waals surface area contributed by atoms with Crippen molar-refractivity contribution in [3.63, 3.8) is 0 Å². The average Bonchev–Trinajstić information content (AvgIpc) is 3.20. The van der Waals surface area contributed by atoms with Crippen LogP contribution >= 0.6 is 11.3 Å². The van der Waals surface area contributed by atoms with E-state index in [-0.39, 0.29) is 12.5 Å². The lowest BCUT2D eigenvalue weighted by Crippen LogP contribution is -2.30. The third-order valence-corrected chi connectivity index (χ3v) is 5.93. The number of thiazole rings is 1. The molecule has 3 aromatic rings. The molecule has 6 nitrogen and oxygen atoms in total. The van der Waals surface area contributed by atoms with E-state index in [1.54, 1.807) is 18.4 Å². The Hall–Kier alpha value is -2.90. The molecule has 7 heteroatoms. The number of amides is 1. The van der Waals surface area contributed by atoms with Gasteiger partial charge in [-0.1, -0.05) is 12.1 Å². The molecule has 2 aromatic carbocycles. The molecule has 0 fully saturated rings. The summed E-state index contributed by atoms with van der Waals surface area (Å²) >= 11 is 1.57. The van der Waals surface area contributed by atoms with Gasteiger partial charge < -0.3 is 14.8 Å². The molecule has 0 bridgehead atoms. The molecule has 1 amide bonds. The number of rotatable bonds is 9. The van der Waals surface area contributed by atoms with Gasteiger partial charge in [-0.15, -0.1) is 11.3 Å². The predicted octanol–water partition coefficient (Wildman–Crippen LogP) is 4.90. The SMILES string of the molecule is CCOc1ccc(-c2nc(CN(C)CC(=O)Nc3cccc(C)c3C)cs2)cc1OC. The summed E-state index contributed by atoms with van der Waals surface area (Å²) in [5, 5.41) is 5.94. The first-order valence-corrected chi connectivity index (χ1v) is 11.1. The van der Waals surface area contributed by atoms with Crippen LogP contribution in [0.5, 0.6) is 11.5 Å². The number of hydrogen-bond donors (Lipinski definition) is 1. The van der Waals surface area contributed by atoms with Crippen molar-refractivity contribution in [3.05, 3.63) is 58.6 Å². The van der Waals surface area contributed by atoms with Gasteiger partial charge in [-0.05, 0) is 63.2 Å². The lowest BCUT2D eigenvalue weighted by atomic mass is 10.1. The molecular weight excluding hydrogens is 410 g/mol. The second-order valence-corrected chi connectivity index (χ2v) is 8.27. The number of aromatic nitrogens is 1. The maximum atomic E-state index is 12.5. The van der Waals surface area contributed by atoms with Crippen LogP contribution < -0.4 is 14.8 Å². The quantitative estimate of drug-likeness (QED) is 0.514. The van der Waals surface area contributed by atoms with Crippen LogP contribution in [0.3, 0.4) is 0 Å². The maximum Gasteiger partial charge on any atom is 0.238 e. The molecule has 0 aliphatic rings. The van der Waals surface area contributed by atoms with Crippen LogP contribution in [0.4, 0.5) is 5.69 Å². The Morgan fingerprint density at radius 1 is 1.19 bits per heavy atom. The number of aryl methyl sites for hydroxylation is 1. The Balaban J connectivity index is 1.61. The summed E-state index contributed by atoms with van der Waals surface area (Å²) in [4.78, 5) is 19.2. The van der Waals surface area contributed by atoms with Crippen molar-refractivity contribution in [2.45, 2.75) is 27.3 Å². The minimum absolute atomic E-state index is 0.0390. The van der Waals surface area contributed by atoms with E-state index in [2.05, 4.69) is 5.32 Å². The highest BCUT2D eigenvalue weighted by molar-refractivity contribution is 7.13. The van der Waals surface area contributed by atoms with Crippen molar-refractivity contribution in [3.8, 4) is 22.1 Å². The molecule has 3 rings (SSSR count). The van der Waals surface area contributed by atoms with Gasteiger partial charge >= 0.3 is 0 Å². The molecule has 0 spiro atoms. The zero-order chi connectivity index (χ0) is 22.4. The van der Waals surface area contributed by atoms with E-state index in [1.807, 2.05) is 74.5 Å². The topological polar surface area (TPSA) is 63.7 Å². The largest absolute Gasteiger partial charge is 0.493 e. The maximum absolute atomic E-state index is 12.5. The van der Waals surface area contributed by atoms with Gasteiger partial charge in [0, 0.05) is 23.2 Å². The number of nitrogens with zero attached hydrogens (tertiary/aromatic N) is 2. The first-order valence-electron chi connectivity index (χ1n) is 10.2. The van der Waals surface area contributed by atoms with E-state index in [0.29, 0.717) is 18.9 Å². The molecule has 0 aliphatic heterocycles. The minimum atomic E-state index is -0.0390. The van der Waals surface area contributed by atoms with Crippen LogP contribution in [-0.2, 0) is 11.3 Å². The highest BCUT2D eigenvalue weighted by atomic mass is 32.1. The van der Waals surface area contributed by atoms with Gasteiger partial charge in [0.1, 0.15) is 5.01 Å². The highest BCUT2D eigenvalue weighted by Crippen LogP contribution is 2.34. The van der Waals surface area contributed by atoms with Gasteiger partial charge in [0.2, 0.25) is 5.91 Å². The van der Waals surface area contributed by atoms with Gasteiger partial charge in [-0.2, -0.15) is 0 Å². The summed E-state index contributed by atoms with van der Waals surface area (Å²) in [6.07, 6.45) is 0. The van der Waals surface area contributed by atoms with Gasteiger partial charge in [0.15, 0.2) is 11.5 Å². The van der Waals surface area contributed by atoms with Crippen molar-refractivity contribution in [2.24, 2.45) is 0 Å². The third kappa shape index (κ3) is 5.83. The van der Waals surface area contributed by atoms with Crippen molar-refractivity contribution >= 4 is 22.9 Å². The minimum Gasteiger partial charge on any atom is -0.493 e. The molecule has 0 aliphatic carbocycles. The number of methoxy groups -OCH3 is 1. The van der Waals surface area contributed by atoms with E-state index in [4.69, 9.17) is 14.5 Å². The highest BCUT2D eigenvalue weighted by Gasteiger charge is 2.13. The molecule has 1 aromatic heterocycles. The number of nitrogens with one attached hydrogen (secondary N) is 1. The fourth-order valence-electron chi connectivity index (χ4n) is 3.24. The average molecular weight is 440 g/mol. The van der Waals surface area contributed by atoms with E-state index >= 15 is 0 Å². The number of hydrogen-bond acceptors (Lipinski definition) is 6. The van der Waals surface area contributed by atoms with Gasteiger partial charge in [-0.25, -0.2) is 4.98 Å². The second kappa shape index (κ2) is 10.4. The normalized spacial score (nSPS) is 10.9. The van der Waals surface area contributed by atoms with Crippen LogP contribution in [0.2, 0.25) is 0 Å². The summed E-state index contributed by atoms with van der Waals surface area (Å²) in [7, 11) is 3.55. The Morgan fingerprint density at radius 3 is 2.74 bits per heavy atom. The standard InChI is InChI=1S/C24H29N3O3S/c1-6-30-21-11-10-18(12-22(21)29-5)24-25-19(15-31-24)13-27(4)14-23(28)26-20-9-7-8-16(2)17(20)3/h7-12,15H,6,13-14H2,1-5H3,(H,26,28). The summed E-state index contributed by atoms with van der Waals surface area (Å²) in [6, 6.07) is 11.7. The van der Waals surface area contributed by atoms with Gasteiger partial charge in [-0.3, -0.25) is 9.69 Å². The molecule has 1 heterocycles. The Morgan fingerprint density at radius 2 is 2.00 bits per heavy atom. The molecule has 0 saturated heterocycles. The van der Waals surface area contributed by atoms with E-state index in [9.17, 15) is 4.79 Å². The van der Waals surface area contributed by atoms with Crippen molar-refractivity contribution in [1.29, 1.82) is 0 Å². The van der Waals surface area contributed by atoms with E-state index in [0.717, 1.165) is 38.8 Å². The zero-order valence-corrected chi connectivity index (χ0v) is 19.5. The van der Waals surface area contributed by atoms with Crippen LogP contribution in [0, 0.1) is 13.8 Å². The summed E-state index contributed by atoms with van der Waals surface area (Å²) in [5.41, 5.74) is 5.01. The molecule has 0 atom stereocenters. The fourth-order valence-corrected chi connectivity index (χ4v) is 4.05. The Bertz CT molecular complexity index is 1050. The lowest BCUT2D eigenvalue weighted by molar-refractivity contribution is -0.117. The molecule has 0 saturated carbocycles. The first kappa shape index (κ1) is 22.8. The lowest BCUT2D eigenvalue weighted by Gasteiger charge is -2.16. The number of anilines is 1. The first-order chi connectivity index (χ1) is 14.9.